The van der Waals surface area contributed by atoms with E-state index in [0.717, 1.165) is 11.3 Å². The predicted molar refractivity (Wildman–Crippen MR) is 85.4 cm³/mol. The van der Waals surface area contributed by atoms with Crippen molar-refractivity contribution >= 4 is 17.5 Å². The highest BCUT2D eigenvalue weighted by Gasteiger charge is 2.26. The van der Waals surface area contributed by atoms with Gasteiger partial charge in [0, 0.05) is 42.4 Å². The third-order valence-electron chi connectivity index (χ3n) is 3.93. The number of aromatic nitrogens is 2. The summed E-state index contributed by atoms with van der Waals surface area (Å²) in [7, 11) is 1.73. The molecular weight excluding hydrogens is 320 g/mol. The second-order valence-corrected chi connectivity index (χ2v) is 5.85. The predicted octanol–water partition coefficient (Wildman–Crippen LogP) is 1.25. The molecule has 1 aliphatic rings. The van der Waals surface area contributed by atoms with Crippen LogP contribution in [0.25, 0.3) is 11.3 Å². The fourth-order valence-corrected chi connectivity index (χ4v) is 2.90. The minimum absolute atomic E-state index is 0.0123. The molecule has 0 saturated heterocycles. The normalized spacial score (nSPS) is 13.9. The van der Waals surface area contributed by atoms with Crippen LogP contribution < -0.4 is 5.32 Å². The van der Waals surface area contributed by atoms with Gasteiger partial charge in [-0.25, -0.2) is 0 Å². The number of fused-ring (bicyclic) bond motifs is 1. The van der Waals surface area contributed by atoms with Crippen molar-refractivity contribution in [2.45, 2.75) is 13.0 Å². The van der Waals surface area contributed by atoms with Gasteiger partial charge in [-0.15, -0.1) is 0 Å². The third-order valence-corrected chi connectivity index (χ3v) is 4.24. The van der Waals surface area contributed by atoms with Crippen molar-refractivity contribution in [2.24, 2.45) is 0 Å². The summed E-state index contributed by atoms with van der Waals surface area (Å²) in [5.41, 5.74) is 2.77. The molecule has 1 amide bonds. The van der Waals surface area contributed by atoms with Crippen LogP contribution in [-0.2, 0) is 17.8 Å². The van der Waals surface area contributed by atoms with Crippen LogP contribution >= 0.6 is 11.6 Å². The number of halogens is 1. The number of carbonyl (C=O) groups is 1. The molecule has 2 heterocycles. The lowest BCUT2D eigenvalue weighted by Crippen LogP contribution is -2.40. The summed E-state index contributed by atoms with van der Waals surface area (Å²) >= 11 is 5.93. The summed E-state index contributed by atoms with van der Waals surface area (Å²) in [6.45, 7) is 1.32. The number of aromatic amines is 1. The number of hydrogen-bond donors (Lipinski definition) is 4. The highest BCUT2D eigenvalue weighted by Crippen LogP contribution is 2.39. The molecule has 7 nitrogen and oxygen atoms in total. The first-order chi connectivity index (χ1) is 11.0. The molecule has 4 N–H and O–H groups in total. The van der Waals surface area contributed by atoms with Gasteiger partial charge in [-0.05, 0) is 13.1 Å². The number of aromatic hydroxyl groups is 2. The minimum Gasteiger partial charge on any atom is -0.507 e. The van der Waals surface area contributed by atoms with Crippen molar-refractivity contribution in [3.05, 3.63) is 28.4 Å². The molecule has 122 valence electrons. The fourth-order valence-electron chi connectivity index (χ4n) is 2.73. The molecule has 0 bridgehead atoms. The Morgan fingerprint density at radius 1 is 1.43 bits per heavy atom. The summed E-state index contributed by atoms with van der Waals surface area (Å²) in [6.07, 6.45) is 0.671. The van der Waals surface area contributed by atoms with E-state index in [1.54, 1.807) is 11.9 Å². The lowest BCUT2D eigenvalue weighted by molar-refractivity contribution is -0.131. The van der Waals surface area contributed by atoms with Gasteiger partial charge in [0.15, 0.2) is 0 Å². The molecule has 0 saturated carbocycles. The fraction of sp³-hybridized carbons (Fsp3) is 0.333. The number of H-pyrrole nitrogens is 1. The van der Waals surface area contributed by atoms with Gasteiger partial charge in [0.25, 0.3) is 0 Å². The van der Waals surface area contributed by atoms with Gasteiger partial charge in [0.1, 0.15) is 17.2 Å². The van der Waals surface area contributed by atoms with Crippen LogP contribution in [0.2, 0.25) is 5.02 Å². The van der Waals surface area contributed by atoms with E-state index in [-0.39, 0.29) is 29.0 Å². The maximum atomic E-state index is 12.1. The smallest absolute Gasteiger partial charge is 0.236 e. The monoisotopic (exact) mass is 336 g/mol. The molecule has 3 rings (SSSR count). The third kappa shape index (κ3) is 2.85. The largest absolute Gasteiger partial charge is 0.507 e. The second kappa shape index (κ2) is 6.10. The Kier molecular flexibility index (Phi) is 4.14. The van der Waals surface area contributed by atoms with Gasteiger partial charge in [-0.3, -0.25) is 9.89 Å². The van der Waals surface area contributed by atoms with Gasteiger partial charge in [0.2, 0.25) is 5.91 Å². The Hall–Kier alpha value is -2.25. The Labute approximate surface area is 137 Å². The molecule has 0 spiro atoms. The number of nitrogens with zero attached hydrogens (tertiary/aromatic N) is 2. The Balaban J connectivity index is 1.97. The van der Waals surface area contributed by atoms with Crippen molar-refractivity contribution < 1.29 is 15.0 Å². The molecular formula is C15H17ClN4O3. The van der Waals surface area contributed by atoms with Crippen molar-refractivity contribution in [3.8, 4) is 22.8 Å². The van der Waals surface area contributed by atoms with Crippen molar-refractivity contribution in [1.29, 1.82) is 0 Å². The van der Waals surface area contributed by atoms with Crippen LogP contribution in [0.15, 0.2) is 12.1 Å². The molecule has 0 aliphatic carbocycles. The first-order valence-electron chi connectivity index (χ1n) is 7.21. The zero-order valence-corrected chi connectivity index (χ0v) is 13.3. The van der Waals surface area contributed by atoms with E-state index in [0.29, 0.717) is 30.8 Å². The summed E-state index contributed by atoms with van der Waals surface area (Å²) < 4.78 is 0. The van der Waals surface area contributed by atoms with Crippen molar-refractivity contribution in [2.75, 3.05) is 20.1 Å². The lowest BCUT2D eigenvalue weighted by atomic mass is 10.00. The summed E-state index contributed by atoms with van der Waals surface area (Å²) in [6, 6.07) is 2.66. The van der Waals surface area contributed by atoms with Crippen LogP contribution in [0, 0.1) is 0 Å². The van der Waals surface area contributed by atoms with Crippen LogP contribution in [-0.4, -0.2) is 51.4 Å². The molecule has 2 aromatic rings. The maximum absolute atomic E-state index is 12.1. The number of likely N-dealkylation sites (N-methyl/N-ethyl adjacent to an activating group) is 1. The van der Waals surface area contributed by atoms with Gasteiger partial charge in [-0.1, -0.05) is 11.6 Å². The molecule has 8 heteroatoms. The lowest BCUT2D eigenvalue weighted by Gasteiger charge is -2.27. The Morgan fingerprint density at radius 3 is 2.96 bits per heavy atom. The van der Waals surface area contributed by atoms with Crippen LogP contribution in [0.1, 0.15) is 11.3 Å². The van der Waals surface area contributed by atoms with Gasteiger partial charge < -0.3 is 20.4 Å². The number of nitrogens with one attached hydrogen (secondary N) is 2. The average molecular weight is 337 g/mol. The van der Waals surface area contributed by atoms with E-state index >= 15 is 0 Å². The van der Waals surface area contributed by atoms with E-state index in [1.165, 1.54) is 12.1 Å². The number of phenols is 2. The number of amides is 1. The van der Waals surface area contributed by atoms with Gasteiger partial charge >= 0.3 is 0 Å². The summed E-state index contributed by atoms with van der Waals surface area (Å²) in [5.74, 6) is -0.290. The van der Waals surface area contributed by atoms with Crippen molar-refractivity contribution in [3.63, 3.8) is 0 Å². The first-order valence-corrected chi connectivity index (χ1v) is 7.59. The molecule has 0 fully saturated rings. The Morgan fingerprint density at radius 2 is 2.22 bits per heavy atom. The zero-order chi connectivity index (χ0) is 16.6. The Bertz CT molecular complexity index is 759. The van der Waals surface area contributed by atoms with Crippen LogP contribution in [0.3, 0.4) is 0 Å². The van der Waals surface area contributed by atoms with E-state index in [1.807, 2.05) is 0 Å². The molecule has 0 radical (unpaired) electrons. The number of benzene rings is 1. The maximum Gasteiger partial charge on any atom is 0.236 e. The quantitative estimate of drug-likeness (QED) is 0.675. The van der Waals surface area contributed by atoms with E-state index < -0.39 is 0 Å². The molecule has 0 unspecified atom stereocenters. The zero-order valence-electron chi connectivity index (χ0n) is 12.6. The van der Waals surface area contributed by atoms with Gasteiger partial charge in [0.05, 0.1) is 11.6 Å². The second-order valence-electron chi connectivity index (χ2n) is 5.45. The van der Waals surface area contributed by atoms with Gasteiger partial charge in [-0.2, -0.15) is 5.10 Å². The number of hydrogen-bond acceptors (Lipinski definition) is 5. The highest BCUT2D eigenvalue weighted by atomic mass is 35.5. The van der Waals surface area contributed by atoms with E-state index in [9.17, 15) is 15.0 Å². The van der Waals surface area contributed by atoms with Crippen LogP contribution in [0.5, 0.6) is 11.5 Å². The number of rotatable bonds is 3. The molecule has 0 atom stereocenters. The van der Waals surface area contributed by atoms with E-state index in [4.69, 9.17) is 11.6 Å². The SMILES string of the molecule is CNCC(=O)N1CCc2[nH]nc(-c3cc(Cl)c(O)cc3O)c2C1. The minimum atomic E-state index is -0.192. The molecule has 1 aromatic heterocycles. The highest BCUT2D eigenvalue weighted by molar-refractivity contribution is 6.32. The molecule has 23 heavy (non-hydrogen) atoms. The number of phenolic OH excluding ortho intramolecular Hbond substituents is 2. The summed E-state index contributed by atoms with van der Waals surface area (Å²) in [5, 5.41) is 29.8. The first kappa shape index (κ1) is 15.6. The average Bonchev–Trinajstić information content (AvgIpc) is 2.94. The van der Waals surface area contributed by atoms with E-state index in [2.05, 4.69) is 15.5 Å². The topological polar surface area (TPSA) is 101 Å². The van der Waals surface area contributed by atoms with Crippen LogP contribution in [0.4, 0.5) is 0 Å². The number of carbonyl (C=O) groups excluding carboxylic acids is 1. The molecule has 1 aromatic carbocycles. The standard InChI is InChI=1S/C15H17ClN4O3/c1-17-6-14(23)20-3-2-11-9(7-20)15(19-18-11)8-4-10(16)13(22)5-12(8)21/h4-5,17,21-22H,2-3,6-7H2,1H3,(H,18,19). The molecule has 1 aliphatic heterocycles. The van der Waals surface area contributed by atoms with Crippen molar-refractivity contribution in [1.82, 2.24) is 20.4 Å². The summed E-state index contributed by atoms with van der Waals surface area (Å²) in [4.78, 5) is 13.8.